The summed E-state index contributed by atoms with van der Waals surface area (Å²) in [4.78, 5) is 12.2. The molecule has 0 saturated carbocycles. The van der Waals surface area contributed by atoms with Gasteiger partial charge < -0.3 is 10.2 Å². The van der Waals surface area contributed by atoms with E-state index in [1.807, 2.05) is 6.92 Å². The van der Waals surface area contributed by atoms with E-state index in [1.165, 1.54) is 0 Å². The normalized spacial score (nSPS) is 13.5. The quantitative estimate of drug-likeness (QED) is 0.585. The summed E-state index contributed by atoms with van der Waals surface area (Å²) in [5.41, 5.74) is 0. The van der Waals surface area contributed by atoms with E-state index in [-0.39, 0.29) is 6.61 Å². The van der Waals surface area contributed by atoms with E-state index in [0.29, 0.717) is 13.0 Å². The van der Waals surface area contributed by atoms with Crippen LogP contribution in [0.4, 0.5) is 0 Å². The van der Waals surface area contributed by atoms with E-state index >= 15 is 0 Å². The number of aliphatic hydroxyl groups excluding tert-OH is 1. The van der Waals surface area contributed by atoms with Gasteiger partial charge >= 0.3 is 5.97 Å². The molecule has 1 atom stereocenters. The first-order valence-electron chi connectivity index (χ1n) is 3.67. The van der Waals surface area contributed by atoms with Crippen molar-refractivity contribution in [2.24, 2.45) is 0 Å². The van der Waals surface area contributed by atoms with Crippen LogP contribution in [0.2, 0.25) is 0 Å². The summed E-state index contributed by atoms with van der Waals surface area (Å²) in [5.74, 6) is -0.830. The van der Waals surface area contributed by atoms with Crippen molar-refractivity contribution in [2.75, 3.05) is 20.2 Å². The Labute approximate surface area is 66.4 Å². The number of carboxylic acids is 1. The molecule has 1 unspecified atom stereocenters. The molecular formula is C7H15NO3. The number of carbonyl (C=O) groups is 1. The maximum Gasteiger partial charge on any atom is 0.320 e. The highest BCUT2D eigenvalue weighted by molar-refractivity contribution is 5.73. The van der Waals surface area contributed by atoms with E-state index in [4.69, 9.17) is 10.2 Å². The molecule has 0 aromatic rings. The van der Waals surface area contributed by atoms with Crippen molar-refractivity contribution >= 4 is 5.97 Å². The van der Waals surface area contributed by atoms with Crippen molar-refractivity contribution in [3.63, 3.8) is 0 Å². The van der Waals surface area contributed by atoms with E-state index in [0.717, 1.165) is 0 Å². The highest BCUT2D eigenvalue weighted by Crippen LogP contribution is 2.00. The number of hydrogen-bond donors (Lipinski definition) is 2. The van der Waals surface area contributed by atoms with Gasteiger partial charge in [0.05, 0.1) is 6.61 Å². The van der Waals surface area contributed by atoms with Crippen LogP contribution in [0.15, 0.2) is 0 Å². The van der Waals surface area contributed by atoms with Gasteiger partial charge in [-0.2, -0.15) is 0 Å². The van der Waals surface area contributed by atoms with Gasteiger partial charge in [-0.1, -0.05) is 6.92 Å². The first-order valence-corrected chi connectivity index (χ1v) is 3.67. The second kappa shape index (κ2) is 5.09. The SMILES string of the molecule is CCC(C(=O)O)N(C)CCO. The van der Waals surface area contributed by atoms with E-state index in [9.17, 15) is 4.79 Å². The lowest BCUT2D eigenvalue weighted by Crippen LogP contribution is -2.39. The summed E-state index contributed by atoms with van der Waals surface area (Å²) in [7, 11) is 1.69. The number of aliphatic hydroxyl groups is 1. The van der Waals surface area contributed by atoms with Gasteiger partial charge in [-0.25, -0.2) is 0 Å². The Kier molecular flexibility index (Phi) is 4.81. The zero-order valence-electron chi connectivity index (χ0n) is 6.95. The molecular weight excluding hydrogens is 146 g/mol. The van der Waals surface area contributed by atoms with Crippen LogP contribution < -0.4 is 0 Å². The van der Waals surface area contributed by atoms with Crippen molar-refractivity contribution in [2.45, 2.75) is 19.4 Å². The fraction of sp³-hybridized carbons (Fsp3) is 0.857. The third-order valence-corrected chi connectivity index (χ3v) is 1.66. The number of aliphatic carboxylic acids is 1. The van der Waals surface area contributed by atoms with Crippen LogP contribution >= 0.6 is 0 Å². The number of hydrogen-bond acceptors (Lipinski definition) is 3. The minimum Gasteiger partial charge on any atom is -0.480 e. The third-order valence-electron chi connectivity index (χ3n) is 1.66. The molecule has 0 aromatic carbocycles. The Morgan fingerprint density at radius 2 is 2.18 bits per heavy atom. The van der Waals surface area contributed by atoms with Crippen molar-refractivity contribution in [3.8, 4) is 0 Å². The summed E-state index contributed by atoms with van der Waals surface area (Å²) in [6.45, 7) is 2.22. The molecule has 0 heterocycles. The molecule has 0 rings (SSSR count). The van der Waals surface area contributed by atoms with Gasteiger partial charge in [-0.05, 0) is 13.5 Å². The predicted molar refractivity (Wildman–Crippen MR) is 41.4 cm³/mol. The molecule has 0 aliphatic heterocycles. The van der Waals surface area contributed by atoms with Crippen molar-refractivity contribution in [3.05, 3.63) is 0 Å². The second-order valence-electron chi connectivity index (χ2n) is 2.47. The molecule has 4 heteroatoms. The highest BCUT2D eigenvalue weighted by atomic mass is 16.4. The minimum absolute atomic E-state index is 0.000278. The fourth-order valence-corrected chi connectivity index (χ4v) is 0.988. The lowest BCUT2D eigenvalue weighted by molar-refractivity contribution is -0.143. The highest BCUT2D eigenvalue weighted by Gasteiger charge is 2.19. The van der Waals surface area contributed by atoms with E-state index in [2.05, 4.69) is 0 Å². The van der Waals surface area contributed by atoms with Crippen LogP contribution in [0.5, 0.6) is 0 Å². The number of likely N-dealkylation sites (N-methyl/N-ethyl adjacent to an activating group) is 1. The molecule has 0 bridgehead atoms. The maximum absolute atomic E-state index is 10.5. The Morgan fingerprint density at radius 3 is 2.45 bits per heavy atom. The van der Waals surface area contributed by atoms with Gasteiger partial charge in [0, 0.05) is 6.54 Å². The molecule has 66 valence electrons. The van der Waals surface area contributed by atoms with E-state index in [1.54, 1.807) is 11.9 Å². The summed E-state index contributed by atoms with van der Waals surface area (Å²) < 4.78 is 0. The van der Waals surface area contributed by atoms with Gasteiger partial charge in [-0.15, -0.1) is 0 Å². The number of carboxylic acid groups (broad SMARTS) is 1. The largest absolute Gasteiger partial charge is 0.480 e. The van der Waals surface area contributed by atoms with Crippen LogP contribution in [-0.2, 0) is 4.79 Å². The monoisotopic (exact) mass is 161 g/mol. The van der Waals surface area contributed by atoms with Crippen molar-refractivity contribution in [1.29, 1.82) is 0 Å². The molecule has 2 N–H and O–H groups in total. The Hall–Kier alpha value is -0.610. The van der Waals surface area contributed by atoms with Crippen LogP contribution in [0.25, 0.3) is 0 Å². The van der Waals surface area contributed by atoms with Gasteiger partial charge in [0.25, 0.3) is 0 Å². The minimum atomic E-state index is -0.830. The average Bonchev–Trinajstić information content (AvgIpc) is 1.88. The average molecular weight is 161 g/mol. The molecule has 0 aromatic heterocycles. The third kappa shape index (κ3) is 3.34. The van der Waals surface area contributed by atoms with Crippen molar-refractivity contribution in [1.82, 2.24) is 4.90 Å². The second-order valence-corrected chi connectivity index (χ2v) is 2.47. The molecule has 11 heavy (non-hydrogen) atoms. The Balaban J connectivity index is 3.91. The summed E-state index contributed by atoms with van der Waals surface area (Å²) in [6, 6.07) is -0.470. The molecule has 0 spiro atoms. The first kappa shape index (κ1) is 10.4. The molecule has 0 saturated heterocycles. The van der Waals surface area contributed by atoms with Crippen LogP contribution in [0.3, 0.4) is 0 Å². The lowest BCUT2D eigenvalue weighted by Gasteiger charge is -2.21. The Morgan fingerprint density at radius 1 is 1.64 bits per heavy atom. The summed E-state index contributed by atoms with van der Waals surface area (Å²) >= 11 is 0. The molecule has 4 nitrogen and oxygen atoms in total. The number of rotatable bonds is 5. The number of nitrogens with zero attached hydrogens (tertiary/aromatic N) is 1. The standard InChI is InChI=1S/C7H15NO3/c1-3-6(7(10)11)8(2)4-5-9/h6,9H,3-5H2,1-2H3,(H,10,11). The Bertz CT molecular complexity index is 127. The molecule has 0 amide bonds. The molecule has 0 radical (unpaired) electrons. The molecule has 0 fully saturated rings. The maximum atomic E-state index is 10.5. The van der Waals surface area contributed by atoms with Gasteiger partial charge in [0.15, 0.2) is 0 Å². The first-order chi connectivity index (χ1) is 5.13. The zero-order valence-corrected chi connectivity index (χ0v) is 6.95. The lowest BCUT2D eigenvalue weighted by atomic mass is 10.2. The zero-order chi connectivity index (χ0) is 8.85. The topological polar surface area (TPSA) is 60.8 Å². The predicted octanol–water partition coefficient (Wildman–Crippen LogP) is -0.226. The van der Waals surface area contributed by atoms with E-state index < -0.39 is 12.0 Å². The fourth-order valence-electron chi connectivity index (χ4n) is 0.988. The van der Waals surface area contributed by atoms with Gasteiger partial charge in [0.2, 0.25) is 0 Å². The summed E-state index contributed by atoms with van der Waals surface area (Å²) in [6.07, 6.45) is 0.561. The van der Waals surface area contributed by atoms with Crippen molar-refractivity contribution < 1.29 is 15.0 Å². The van der Waals surface area contributed by atoms with Crippen LogP contribution in [-0.4, -0.2) is 47.3 Å². The van der Waals surface area contributed by atoms with Gasteiger partial charge in [-0.3, -0.25) is 9.69 Å². The van der Waals surface area contributed by atoms with Crippen LogP contribution in [0, 0.1) is 0 Å². The van der Waals surface area contributed by atoms with Gasteiger partial charge in [0.1, 0.15) is 6.04 Å². The summed E-state index contributed by atoms with van der Waals surface area (Å²) in [5, 5.41) is 17.2. The molecule has 0 aliphatic carbocycles. The smallest absolute Gasteiger partial charge is 0.320 e. The molecule has 0 aliphatic rings. The van der Waals surface area contributed by atoms with Crippen LogP contribution in [0.1, 0.15) is 13.3 Å².